The Labute approximate surface area is 288 Å². The number of hydrogen-bond acceptors (Lipinski definition) is 8. The molecule has 4 aliphatic rings. The molecule has 0 aromatic heterocycles. The predicted molar refractivity (Wildman–Crippen MR) is 186 cm³/mol. The van der Waals surface area contributed by atoms with Crippen LogP contribution in [0.3, 0.4) is 0 Å². The van der Waals surface area contributed by atoms with Crippen LogP contribution in [-0.2, 0) is 34.5 Å². The van der Waals surface area contributed by atoms with Crippen molar-refractivity contribution in [3.05, 3.63) is 60.2 Å². The lowest BCUT2D eigenvalue weighted by Gasteiger charge is -2.31. The van der Waals surface area contributed by atoms with Crippen molar-refractivity contribution in [3.63, 3.8) is 0 Å². The van der Waals surface area contributed by atoms with Gasteiger partial charge in [0.15, 0.2) is 6.61 Å². The van der Waals surface area contributed by atoms with Gasteiger partial charge >= 0.3 is 0 Å². The Bertz CT molecular complexity index is 1720. The van der Waals surface area contributed by atoms with E-state index in [9.17, 15) is 26.4 Å². The first-order chi connectivity index (χ1) is 23.5. The Kier molecular flexibility index (Phi) is 10.9. The number of carbonyl (C=O) groups is 2. The number of fused-ring (bicyclic) bond motifs is 3. The molecule has 0 spiro atoms. The molecule has 2 saturated carbocycles. The van der Waals surface area contributed by atoms with Crippen LogP contribution in [0.2, 0.25) is 0 Å². The number of piperidine rings is 1. The molecule has 3 fully saturated rings. The summed E-state index contributed by atoms with van der Waals surface area (Å²) in [6, 6.07) is 9.21. The summed E-state index contributed by atoms with van der Waals surface area (Å²) in [7, 11) is -7.69. The van der Waals surface area contributed by atoms with Crippen molar-refractivity contribution in [2.45, 2.75) is 105 Å². The Balaban J connectivity index is 1.24. The minimum Gasteiger partial charge on any atom is -0.385 e. The van der Waals surface area contributed by atoms with Gasteiger partial charge in [0.2, 0.25) is 26.0 Å². The number of oxime groups is 1. The lowest BCUT2D eigenvalue weighted by Crippen LogP contribution is -2.46. The standard InChI is InChI=1S/C35H45N5O7S2/c1-2-34(42)40-19-17-24(18-20-40)36-33(41)23-47-37-35-31-21-27(48(43,44)38-25-9-5-3-6-10-25)13-15-29(31)30-16-14-28(22-32(30)35)49(45,46)39-26-11-7-4-8-12-26/h2,13-16,21-22,24-26,38-39H,1,3-12,17-20,23H2,(H,36,41). The molecule has 1 heterocycles. The van der Waals surface area contributed by atoms with Gasteiger partial charge in [-0.3, -0.25) is 9.59 Å². The highest BCUT2D eigenvalue weighted by Crippen LogP contribution is 2.39. The maximum Gasteiger partial charge on any atom is 0.260 e. The fourth-order valence-electron chi connectivity index (χ4n) is 7.30. The van der Waals surface area contributed by atoms with E-state index < -0.39 is 32.6 Å². The average molecular weight is 712 g/mol. The van der Waals surface area contributed by atoms with Gasteiger partial charge < -0.3 is 15.1 Å². The van der Waals surface area contributed by atoms with Crippen LogP contribution in [0.25, 0.3) is 11.1 Å². The van der Waals surface area contributed by atoms with Crippen molar-refractivity contribution in [1.29, 1.82) is 0 Å². The van der Waals surface area contributed by atoms with Gasteiger partial charge in [0, 0.05) is 42.3 Å². The summed E-state index contributed by atoms with van der Waals surface area (Å²) in [6.07, 6.45) is 11.7. The van der Waals surface area contributed by atoms with Gasteiger partial charge in [-0.1, -0.05) is 62.4 Å². The zero-order valence-corrected chi connectivity index (χ0v) is 29.3. The van der Waals surface area contributed by atoms with E-state index in [1.807, 2.05) is 0 Å². The minimum absolute atomic E-state index is 0.0724. The van der Waals surface area contributed by atoms with E-state index in [1.165, 1.54) is 18.2 Å². The van der Waals surface area contributed by atoms with Crippen LogP contribution in [0.4, 0.5) is 0 Å². The Morgan fingerprint density at radius 2 is 1.22 bits per heavy atom. The topological polar surface area (TPSA) is 163 Å². The predicted octanol–water partition coefficient (Wildman–Crippen LogP) is 3.95. The zero-order valence-electron chi connectivity index (χ0n) is 27.7. The second kappa shape index (κ2) is 15.1. The highest BCUT2D eigenvalue weighted by molar-refractivity contribution is 7.89. The number of nitrogens with zero attached hydrogens (tertiary/aromatic N) is 2. The monoisotopic (exact) mass is 711 g/mol. The zero-order chi connectivity index (χ0) is 34.6. The first kappa shape index (κ1) is 35.2. The van der Waals surface area contributed by atoms with Crippen molar-refractivity contribution < 1.29 is 31.3 Å². The summed E-state index contributed by atoms with van der Waals surface area (Å²) in [5.74, 6) is -0.528. The second-order valence-corrected chi connectivity index (χ2v) is 16.8. The first-order valence-corrected chi connectivity index (χ1v) is 20.3. The summed E-state index contributed by atoms with van der Waals surface area (Å²) in [6.45, 7) is 4.14. The van der Waals surface area contributed by atoms with E-state index in [-0.39, 0.29) is 39.5 Å². The fourth-order valence-corrected chi connectivity index (χ4v) is 9.96. The third-order valence-corrected chi connectivity index (χ3v) is 13.0. The fraction of sp³-hybridized carbons (Fsp3) is 0.514. The molecule has 1 aliphatic heterocycles. The third-order valence-electron chi connectivity index (χ3n) is 9.95. The van der Waals surface area contributed by atoms with E-state index in [2.05, 4.69) is 26.5 Å². The van der Waals surface area contributed by atoms with E-state index in [4.69, 9.17) is 4.84 Å². The van der Waals surface area contributed by atoms with Crippen LogP contribution >= 0.6 is 0 Å². The number of nitrogens with one attached hydrogen (secondary N) is 3. The molecule has 3 N–H and O–H groups in total. The average Bonchev–Trinajstić information content (AvgIpc) is 3.41. The summed E-state index contributed by atoms with van der Waals surface area (Å²) < 4.78 is 59.6. The molecule has 0 unspecified atom stereocenters. The molecule has 14 heteroatoms. The van der Waals surface area contributed by atoms with Gasteiger partial charge in [-0.15, -0.1) is 0 Å². The molecule has 0 atom stereocenters. The number of likely N-dealkylation sites (tertiary alicyclic amines) is 1. The summed E-state index contributed by atoms with van der Waals surface area (Å²) in [4.78, 5) is 32.1. The molecule has 2 aromatic rings. The lowest BCUT2D eigenvalue weighted by molar-refractivity contribution is -0.128. The van der Waals surface area contributed by atoms with E-state index in [0.717, 1.165) is 64.2 Å². The summed E-state index contributed by atoms with van der Waals surface area (Å²) in [5, 5.41) is 7.25. The van der Waals surface area contributed by atoms with Crippen LogP contribution in [0, 0.1) is 0 Å². The molecular weight excluding hydrogens is 667 g/mol. The van der Waals surface area contributed by atoms with Gasteiger partial charge in [0.1, 0.15) is 5.71 Å². The van der Waals surface area contributed by atoms with E-state index in [1.54, 1.807) is 29.2 Å². The third kappa shape index (κ3) is 8.25. The smallest absolute Gasteiger partial charge is 0.260 e. The molecule has 0 bridgehead atoms. The number of hydrogen-bond donors (Lipinski definition) is 3. The summed E-state index contributed by atoms with van der Waals surface area (Å²) >= 11 is 0. The molecule has 2 aromatic carbocycles. The lowest BCUT2D eigenvalue weighted by atomic mass is 9.96. The van der Waals surface area contributed by atoms with Gasteiger partial charge in [0.05, 0.1) is 9.79 Å². The maximum absolute atomic E-state index is 13.5. The van der Waals surface area contributed by atoms with Crippen molar-refractivity contribution in [2.24, 2.45) is 5.16 Å². The number of amides is 2. The number of rotatable bonds is 11. The number of benzene rings is 2. The van der Waals surface area contributed by atoms with Crippen molar-refractivity contribution in [2.75, 3.05) is 19.7 Å². The molecule has 2 amide bonds. The highest BCUT2D eigenvalue weighted by atomic mass is 32.2. The van der Waals surface area contributed by atoms with Crippen LogP contribution in [0.5, 0.6) is 0 Å². The van der Waals surface area contributed by atoms with E-state index >= 15 is 0 Å². The van der Waals surface area contributed by atoms with Gasteiger partial charge in [0.25, 0.3) is 5.91 Å². The van der Waals surface area contributed by atoms with Crippen LogP contribution in [0.15, 0.2) is 64.0 Å². The van der Waals surface area contributed by atoms with Crippen molar-refractivity contribution >= 4 is 37.6 Å². The first-order valence-electron chi connectivity index (χ1n) is 17.3. The molecule has 12 nitrogen and oxygen atoms in total. The van der Waals surface area contributed by atoms with Crippen LogP contribution < -0.4 is 14.8 Å². The quantitative estimate of drug-likeness (QED) is 0.200. The Morgan fingerprint density at radius 3 is 1.69 bits per heavy atom. The molecule has 0 radical (unpaired) electrons. The second-order valence-electron chi connectivity index (χ2n) is 13.4. The van der Waals surface area contributed by atoms with Crippen molar-refractivity contribution in [3.8, 4) is 11.1 Å². The molecular formula is C35H45N5O7S2. The highest BCUT2D eigenvalue weighted by Gasteiger charge is 2.32. The van der Waals surface area contributed by atoms with Gasteiger partial charge in [-0.25, -0.2) is 26.3 Å². The Morgan fingerprint density at radius 1 is 0.735 bits per heavy atom. The van der Waals surface area contributed by atoms with Gasteiger partial charge in [-0.05, 0) is 80.0 Å². The number of carbonyl (C=O) groups excluding carboxylic acids is 2. The normalized spacial score (nSPS) is 19.2. The molecule has 264 valence electrons. The SMILES string of the molecule is C=CC(=O)N1CCC(NC(=O)CON=C2c3cc(S(=O)(=O)NC4CCCCC4)ccc3-c3ccc(S(=O)(=O)NC4CCCCC4)cc32)CC1. The van der Waals surface area contributed by atoms with E-state index in [0.29, 0.717) is 48.2 Å². The minimum atomic E-state index is -3.85. The largest absolute Gasteiger partial charge is 0.385 e. The molecule has 49 heavy (non-hydrogen) atoms. The maximum atomic E-state index is 13.5. The van der Waals surface area contributed by atoms with Gasteiger partial charge in [-0.2, -0.15) is 0 Å². The van der Waals surface area contributed by atoms with Crippen LogP contribution in [0.1, 0.15) is 88.2 Å². The molecule has 3 aliphatic carbocycles. The Hall–Kier alpha value is -3.59. The molecule has 1 saturated heterocycles. The van der Waals surface area contributed by atoms with Crippen LogP contribution in [-0.4, -0.2) is 77.1 Å². The number of sulfonamides is 2. The van der Waals surface area contributed by atoms with Crippen molar-refractivity contribution in [1.82, 2.24) is 19.7 Å². The molecule has 6 rings (SSSR count). The summed E-state index contributed by atoms with van der Waals surface area (Å²) in [5.41, 5.74) is 2.55.